The zero-order valence-corrected chi connectivity index (χ0v) is 17.1. The summed E-state index contributed by atoms with van der Waals surface area (Å²) in [7, 11) is 0. The molecule has 1 fully saturated rings. The van der Waals surface area contributed by atoms with Gasteiger partial charge in [0.1, 0.15) is 0 Å². The molecule has 1 aromatic carbocycles. The van der Waals surface area contributed by atoms with E-state index in [1.54, 1.807) is 6.20 Å². The van der Waals surface area contributed by atoms with Crippen molar-refractivity contribution in [1.29, 1.82) is 0 Å². The van der Waals surface area contributed by atoms with Gasteiger partial charge in [0.25, 0.3) is 0 Å². The number of pyridine rings is 1. The maximum absolute atomic E-state index is 13.5. The van der Waals surface area contributed by atoms with Crippen LogP contribution in [-0.2, 0) is 0 Å². The molecule has 148 valence electrons. The van der Waals surface area contributed by atoms with E-state index in [0.717, 1.165) is 53.9 Å². The summed E-state index contributed by atoms with van der Waals surface area (Å²) in [5.74, 6) is 0.306. The van der Waals surface area contributed by atoms with E-state index in [1.807, 2.05) is 36.4 Å². The lowest BCUT2D eigenvalue weighted by atomic mass is 10.0. The molecule has 0 amide bonds. The Bertz CT molecular complexity index is 1070. The van der Waals surface area contributed by atoms with Crippen molar-refractivity contribution < 1.29 is 4.79 Å². The van der Waals surface area contributed by atoms with Crippen LogP contribution in [0.2, 0.25) is 0 Å². The highest BCUT2D eigenvalue weighted by atomic mass is 16.1. The Morgan fingerprint density at radius 3 is 2.52 bits per heavy atom. The van der Waals surface area contributed by atoms with Crippen LogP contribution in [0.3, 0.4) is 0 Å². The van der Waals surface area contributed by atoms with Gasteiger partial charge in [-0.25, -0.2) is 4.85 Å². The number of hydrogen-bond donors (Lipinski definition) is 0. The van der Waals surface area contributed by atoms with Crippen LogP contribution < -0.4 is 0 Å². The molecule has 29 heavy (non-hydrogen) atoms. The molecule has 3 heterocycles. The number of ketones is 1. The average molecular weight is 386 g/mol. The van der Waals surface area contributed by atoms with Gasteiger partial charge in [-0.3, -0.25) is 14.7 Å². The van der Waals surface area contributed by atoms with E-state index in [0.29, 0.717) is 12.2 Å². The zero-order valence-electron chi connectivity index (χ0n) is 17.1. The van der Waals surface area contributed by atoms with Gasteiger partial charge in [0.2, 0.25) is 0 Å². The van der Waals surface area contributed by atoms with Crippen molar-refractivity contribution in [2.45, 2.75) is 39.0 Å². The topological polar surface area (TPSA) is 42.5 Å². The minimum atomic E-state index is 0.149. The van der Waals surface area contributed by atoms with Gasteiger partial charge in [0.05, 0.1) is 29.7 Å². The second-order valence-electron chi connectivity index (χ2n) is 8.01. The first-order valence-electron chi connectivity index (χ1n) is 10.3. The van der Waals surface area contributed by atoms with Gasteiger partial charge < -0.3 is 4.57 Å². The lowest BCUT2D eigenvalue weighted by molar-refractivity contribution is 0.0915. The van der Waals surface area contributed by atoms with Crippen molar-refractivity contribution in [3.63, 3.8) is 0 Å². The standard InChI is InChI=1S/C24H26N4O/c1-17(2)24-22(21(29)16-27-14-5-4-6-15-27)23-20(8-7-13-26-23)28(24)19-11-9-18(25-3)10-12-19/h7-13,17H,4-6,14-16H2,1-2H3. The van der Waals surface area contributed by atoms with Crippen LogP contribution in [0.5, 0.6) is 0 Å². The van der Waals surface area contributed by atoms with Crippen LogP contribution in [0.15, 0.2) is 42.6 Å². The van der Waals surface area contributed by atoms with Crippen LogP contribution in [0, 0.1) is 6.57 Å². The Balaban J connectivity index is 1.86. The summed E-state index contributed by atoms with van der Waals surface area (Å²) in [5.41, 5.74) is 5.01. The molecule has 0 radical (unpaired) electrons. The van der Waals surface area contributed by atoms with Gasteiger partial charge in [-0.2, -0.15) is 0 Å². The maximum atomic E-state index is 13.5. The van der Waals surface area contributed by atoms with Crippen molar-refractivity contribution in [1.82, 2.24) is 14.5 Å². The number of nitrogens with zero attached hydrogens (tertiary/aromatic N) is 4. The lowest BCUT2D eigenvalue weighted by Crippen LogP contribution is -2.34. The smallest absolute Gasteiger partial charge is 0.187 e. The van der Waals surface area contributed by atoms with E-state index >= 15 is 0 Å². The van der Waals surface area contributed by atoms with Crippen LogP contribution >= 0.6 is 0 Å². The molecule has 3 aromatic rings. The van der Waals surface area contributed by atoms with E-state index in [1.165, 1.54) is 6.42 Å². The molecule has 5 heteroatoms. The lowest BCUT2D eigenvalue weighted by Gasteiger charge is -2.25. The predicted octanol–water partition coefficient (Wildman–Crippen LogP) is 5.37. The van der Waals surface area contributed by atoms with E-state index in [2.05, 4.69) is 33.1 Å². The highest BCUT2D eigenvalue weighted by Crippen LogP contribution is 2.34. The zero-order chi connectivity index (χ0) is 20.4. The molecular weight excluding hydrogens is 360 g/mol. The molecule has 0 atom stereocenters. The maximum Gasteiger partial charge on any atom is 0.187 e. The number of hydrogen-bond acceptors (Lipinski definition) is 3. The van der Waals surface area contributed by atoms with Gasteiger partial charge in [-0.15, -0.1) is 0 Å². The highest BCUT2D eigenvalue weighted by molar-refractivity contribution is 6.09. The van der Waals surface area contributed by atoms with Crippen LogP contribution in [0.4, 0.5) is 5.69 Å². The van der Waals surface area contributed by atoms with Gasteiger partial charge in [-0.05, 0) is 56.1 Å². The molecule has 1 aliphatic heterocycles. The van der Waals surface area contributed by atoms with Crippen molar-refractivity contribution in [2.24, 2.45) is 0 Å². The van der Waals surface area contributed by atoms with E-state index in [-0.39, 0.29) is 11.7 Å². The minimum absolute atomic E-state index is 0.149. The van der Waals surface area contributed by atoms with Crippen LogP contribution in [-0.4, -0.2) is 39.9 Å². The summed E-state index contributed by atoms with van der Waals surface area (Å²) in [6.45, 7) is 13.9. The average Bonchev–Trinajstić information content (AvgIpc) is 3.10. The van der Waals surface area contributed by atoms with Crippen LogP contribution in [0.25, 0.3) is 21.6 Å². The normalized spacial score (nSPS) is 15.0. The fourth-order valence-electron chi connectivity index (χ4n) is 4.31. The number of likely N-dealkylation sites (tertiary alicyclic amines) is 1. The number of carbonyl (C=O) groups excluding carboxylic acids is 1. The quantitative estimate of drug-likeness (QED) is 0.437. The Hall–Kier alpha value is -2.97. The molecule has 4 rings (SSSR count). The Labute approximate surface area is 171 Å². The first kappa shape index (κ1) is 19.4. The molecule has 0 aliphatic carbocycles. The third-order valence-electron chi connectivity index (χ3n) is 5.64. The first-order chi connectivity index (χ1) is 14.1. The molecule has 5 nitrogen and oxygen atoms in total. The Morgan fingerprint density at radius 1 is 1.14 bits per heavy atom. The summed E-state index contributed by atoms with van der Waals surface area (Å²) >= 11 is 0. The number of benzene rings is 1. The largest absolute Gasteiger partial charge is 0.311 e. The molecule has 1 aliphatic rings. The van der Waals surface area contributed by atoms with Crippen LogP contribution in [0.1, 0.15) is 55.1 Å². The predicted molar refractivity (Wildman–Crippen MR) is 116 cm³/mol. The van der Waals surface area contributed by atoms with E-state index in [9.17, 15) is 4.79 Å². The molecule has 0 unspecified atom stereocenters. The fraction of sp³-hybridized carbons (Fsp3) is 0.375. The third kappa shape index (κ3) is 3.68. The van der Waals surface area contributed by atoms with Crippen molar-refractivity contribution >= 4 is 22.5 Å². The third-order valence-corrected chi connectivity index (χ3v) is 5.64. The molecule has 0 saturated carbocycles. The van der Waals surface area contributed by atoms with Crippen molar-refractivity contribution in [2.75, 3.05) is 19.6 Å². The van der Waals surface area contributed by atoms with E-state index in [4.69, 9.17) is 6.57 Å². The van der Waals surface area contributed by atoms with Crippen molar-refractivity contribution in [3.8, 4) is 5.69 Å². The SMILES string of the molecule is [C-]#[N+]c1ccc(-n2c(C(C)C)c(C(=O)CN3CCCCC3)c3ncccc32)cc1. The molecule has 0 bridgehead atoms. The summed E-state index contributed by atoms with van der Waals surface area (Å²) < 4.78 is 2.14. The highest BCUT2D eigenvalue weighted by Gasteiger charge is 2.27. The Morgan fingerprint density at radius 2 is 1.86 bits per heavy atom. The Kier molecular flexibility index (Phi) is 5.46. The number of aromatic nitrogens is 2. The van der Waals surface area contributed by atoms with E-state index < -0.39 is 0 Å². The van der Waals surface area contributed by atoms with Gasteiger partial charge in [0, 0.05) is 17.6 Å². The summed E-state index contributed by atoms with van der Waals surface area (Å²) in [4.78, 5) is 23.8. The van der Waals surface area contributed by atoms with Crippen molar-refractivity contribution in [3.05, 3.63) is 65.3 Å². The molecule has 0 spiro atoms. The molecule has 0 N–H and O–H groups in total. The monoisotopic (exact) mass is 386 g/mol. The summed E-state index contributed by atoms with van der Waals surface area (Å²) in [5, 5.41) is 0. The number of carbonyl (C=O) groups is 1. The first-order valence-corrected chi connectivity index (χ1v) is 10.3. The second-order valence-corrected chi connectivity index (χ2v) is 8.01. The molecular formula is C24H26N4O. The number of fused-ring (bicyclic) bond motifs is 1. The molecule has 2 aromatic heterocycles. The van der Waals surface area contributed by atoms with Gasteiger partial charge in [-0.1, -0.05) is 32.4 Å². The summed E-state index contributed by atoms with van der Waals surface area (Å²) in [6, 6.07) is 11.5. The minimum Gasteiger partial charge on any atom is -0.311 e. The number of rotatable bonds is 5. The van der Waals surface area contributed by atoms with Gasteiger partial charge in [0.15, 0.2) is 11.5 Å². The fourth-order valence-corrected chi connectivity index (χ4v) is 4.31. The number of Topliss-reactive ketones (excluding diaryl/α,β-unsaturated/α-hetero) is 1. The molecule has 1 saturated heterocycles. The second kappa shape index (κ2) is 8.18. The summed E-state index contributed by atoms with van der Waals surface area (Å²) in [6.07, 6.45) is 5.34. The van der Waals surface area contributed by atoms with Gasteiger partial charge >= 0.3 is 0 Å². The number of piperidine rings is 1.